The molecule has 1 amide bonds. The van der Waals surface area contributed by atoms with Crippen molar-refractivity contribution >= 4 is 22.9 Å². The zero-order valence-corrected chi connectivity index (χ0v) is 15.2. The highest BCUT2D eigenvalue weighted by Crippen LogP contribution is 2.23. The number of nitrogens with one attached hydrogen (secondary N) is 1. The lowest BCUT2D eigenvalue weighted by molar-refractivity contribution is 0.0935. The molecule has 3 aromatic rings. The SMILES string of the molecule is C=CC(=CC)n1ccc(C(=O)NC2CCN(c3nccn4cccc34)C2)n1. The summed E-state index contributed by atoms with van der Waals surface area (Å²) >= 11 is 0. The van der Waals surface area contributed by atoms with Crippen molar-refractivity contribution in [3.63, 3.8) is 0 Å². The molecule has 1 aliphatic rings. The molecule has 4 heterocycles. The molecular weight excluding hydrogens is 340 g/mol. The summed E-state index contributed by atoms with van der Waals surface area (Å²) in [5.74, 6) is 0.793. The molecule has 0 aromatic carbocycles. The molecule has 0 radical (unpaired) electrons. The zero-order chi connectivity index (χ0) is 18.8. The van der Waals surface area contributed by atoms with E-state index in [-0.39, 0.29) is 11.9 Å². The number of carbonyl (C=O) groups excluding carboxylic acids is 1. The summed E-state index contributed by atoms with van der Waals surface area (Å²) in [6.45, 7) is 7.26. The summed E-state index contributed by atoms with van der Waals surface area (Å²) in [5.41, 5.74) is 2.32. The second kappa shape index (κ2) is 7.11. The van der Waals surface area contributed by atoms with E-state index in [0.717, 1.165) is 36.5 Å². The first-order chi connectivity index (χ1) is 13.2. The van der Waals surface area contributed by atoms with Gasteiger partial charge in [0.2, 0.25) is 0 Å². The van der Waals surface area contributed by atoms with E-state index in [9.17, 15) is 4.79 Å². The van der Waals surface area contributed by atoms with Crippen molar-refractivity contribution in [2.24, 2.45) is 0 Å². The maximum Gasteiger partial charge on any atom is 0.272 e. The van der Waals surface area contributed by atoms with Crippen molar-refractivity contribution in [1.82, 2.24) is 24.5 Å². The average Bonchev–Trinajstić information content (AvgIpc) is 3.43. The van der Waals surface area contributed by atoms with Gasteiger partial charge in [0.15, 0.2) is 11.5 Å². The van der Waals surface area contributed by atoms with E-state index >= 15 is 0 Å². The molecule has 1 fully saturated rings. The lowest BCUT2D eigenvalue weighted by Gasteiger charge is -2.18. The second-order valence-corrected chi connectivity index (χ2v) is 6.52. The van der Waals surface area contributed by atoms with Crippen molar-refractivity contribution < 1.29 is 4.79 Å². The molecule has 3 aromatic heterocycles. The van der Waals surface area contributed by atoms with Crippen LogP contribution in [-0.4, -0.2) is 44.2 Å². The van der Waals surface area contributed by atoms with Crippen molar-refractivity contribution in [1.29, 1.82) is 0 Å². The van der Waals surface area contributed by atoms with Crippen LogP contribution in [0, 0.1) is 0 Å². The quantitative estimate of drug-likeness (QED) is 0.709. The molecule has 0 aliphatic carbocycles. The van der Waals surface area contributed by atoms with Gasteiger partial charge in [0, 0.05) is 43.9 Å². The maximum atomic E-state index is 12.6. The predicted octanol–water partition coefficient (Wildman–Crippen LogP) is 2.59. The Morgan fingerprint density at radius 3 is 3.04 bits per heavy atom. The van der Waals surface area contributed by atoms with E-state index in [2.05, 4.69) is 37.3 Å². The first-order valence-corrected chi connectivity index (χ1v) is 9.02. The van der Waals surface area contributed by atoms with Crippen LogP contribution in [0.2, 0.25) is 0 Å². The summed E-state index contributed by atoms with van der Waals surface area (Å²) < 4.78 is 3.71. The lowest BCUT2D eigenvalue weighted by Crippen LogP contribution is -2.37. The average molecular weight is 362 g/mol. The van der Waals surface area contributed by atoms with Crippen LogP contribution in [0.4, 0.5) is 5.82 Å². The Bertz CT molecular complexity index is 1010. The smallest absolute Gasteiger partial charge is 0.272 e. The normalized spacial score (nSPS) is 17.4. The van der Waals surface area contributed by atoms with Crippen LogP contribution < -0.4 is 10.2 Å². The van der Waals surface area contributed by atoms with Gasteiger partial charge in [0.25, 0.3) is 5.91 Å². The second-order valence-electron chi connectivity index (χ2n) is 6.52. The Balaban J connectivity index is 1.43. The van der Waals surface area contributed by atoms with Gasteiger partial charge >= 0.3 is 0 Å². The molecular formula is C20H22N6O. The van der Waals surface area contributed by atoms with Gasteiger partial charge in [-0.3, -0.25) is 4.79 Å². The summed E-state index contributed by atoms with van der Waals surface area (Å²) in [4.78, 5) is 19.3. The number of amides is 1. The fraction of sp³-hybridized carbons (Fsp3) is 0.250. The molecule has 138 valence electrons. The van der Waals surface area contributed by atoms with Crippen molar-refractivity contribution in [2.75, 3.05) is 18.0 Å². The van der Waals surface area contributed by atoms with Gasteiger partial charge in [-0.1, -0.05) is 12.7 Å². The minimum atomic E-state index is -0.158. The first kappa shape index (κ1) is 17.1. The van der Waals surface area contributed by atoms with Crippen molar-refractivity contribution in [2.45, 2.75) is 19.4 Å². The molecule has 1 aliphatic heterocycles. The first-order valence-electron chi connectivity index (χ1n) is 9.02. The fourth-order valence-corrected chi connectivity index (χ4v) is 3.46. The number of hydrogen-bond donors (Lipinski definition) is 1. The number of fused-ring (bicyclic) bond motifs is 1. The number of carbonyl (C=O) groups is 1. The topological polar surface area (TPSA) is 67.5 Å². The fourth-order valence-electron chi connectivity index (χ4n) is 3.46. The Hall–Kier alpha value is -3.35. The van der Waals surface area contributed by atoms with Gasteiger partial charge in [0.05, 0.1) is 11.2 Å². The van der Waals surface area contributed by atoms with Gasteiger partial charge in [-0.2, -0.15) is 5.10 Å². The number of allylic oxidation sites excluding steroid dienone is 3. The van der Waals surface area contributed by atoms with Crippen LogP contribution in [0.5, 0.6) is 0 Å². The molecule has 1 saturated heterocycles. The molecule has 0 saturated carbocycles. The summed E-state index contributed by atoms with van der Waals surface area (Å²) in [5, 5.41) is 7.43. The lowest BCUT2D eigenvalue weighted by atomic mass is 10.2. The van der Waals surface area contributed by atoms with E-state index < -0.39 is 0 Å². The van der Waals surface area contributed by atoms with Crippen LogP contribution in [0.3, 0.4) is 0 Å². The highest BCUT2D eigenvalue weighted by atomic mass is 16.2. The van der Waals surface area contributed by atoms with Crippen LogP contribution in [0.15, 0.2) is 61.7 Å². The van der Waals surface area contributed by atoms with Crippen LogP contribution in [-0.2, 0) is 0 Å². The molecule has 0 spiro atoms. The Labute approximate surface area is 157 Å². The summed E-state index contributed by atoms with van der Waals surface area (Å²) in [6, 6.07) is 5.85. The van der Waals surface area contributed by atoms with E-state index in [4.69, 9.17) is 0 Å². The van der Waals surface area contributed by atoms with E-state index in [1.54, 1.807) is 29.2 Å². The highest BCUT2D eigenvalue weighted by Gasteiger charge is 2.27. The van der Waals surface area contributed by atoms with Gasteiger partial charge in [-0.25, -0.2) is 9.67 Å². The molecule has 27 heavy (non-hydrogen) atoms. The molecule has 7 nitrogen and oxygen atoms in total. The highest BCUT2D eigenvalue weighted by molar-refractivity contribution is 5.92. The van der Waals surface area contributed by atoms with Gasteiger partial charge in [-0.15, -0.1) is 0 Å². The monoisotopic (exact) mass is 362 g/mol. The largest absolute Gasteiger partial charge is 0.353 e. The predicted molar refractivity (Wildman–Crippen MR) is 106 cm³/mol. The molecule has 4 rings (SSSR count). The van der Waals surface area contributed by atoms with Crippen molar-refractivity contribution in [3.8, 4) is 0 Å². The summed E-state index contributed by atoms with van der Waals surface area (Å²) in [7, 11) is 0. The Morgan fingerprint density at radius 2 is 2.22 bits per heavy atom. The standard InChI is InChI=1S/C20H22N6O/c1-3-16(4-2)26-12-8-17(23-26)20(27)22-15-7-11-25(14-15)19-18-6-5-10-24(18)13-9-21-19/h3-6,8-10,12-13,15H,1,7,11,14H2,2H3,(H,22,27). The number of rotatable bonds is 5. The van der Waals surface area contributed by atoms with Crippen LogP contribution in [0.1, 0.15) is 23.8 Å². The molecule has 1 atom stereocenters. The minimum Gasteiger partial charge on any atom is -0.353 e. The van der Waals surface area contributed by atoms with Crippen molar-refractivity contribution in [3.05, 3.63) is 67.4 Å². The third-order valence-electron chi connectivity index (χ3n) is 4.85. The van der Waals surface area contributed by atoms with Crippen LogP contribution in [0.25, 0.3) is 11.2 Å². The molecule has 1 N–H and O–H groups in total. The van der Waals surface area contributed by atoms with Crippen LogP contribution >= 0.6 is 0 Å². The number of nitrogens with zero attached hydrogens (tertiary/aromatic N) is 5. The van der Waals surface area contributed by atoms with E-state index in [1.165, 1.54) is 0 Å². The van der Waals surface area contributed by atoms with E-state index in [0.29, 0.717) is 5.69 Å². The molecule has 7 heteroatoms. The zero-order valence-electron chi connectivity index (χ0n) is 15.2. The number of aromatic nitrogens is 4. The van der Waals surface area contributed by atoms with Gasteiger partial charge < -0.3 is 14.6 Å². The Kier molecular flexibility index (Phi) is 4.50. The molecule has 1 unspecified atom stereocenters. The minimum absolute atomic E-state index is 0.0697. The van der Waals surface area contributed by atoms with E-state index in [1.807, 2.05) is 31.5 Å². The number of anilines is 1. The molecule has 0 bridgehead atoms. The summed E-state index contributed by atoms with van der Waals surface area (Å²) in [6.07, 6.45) is 12.0. The maximum absolute atomic E-state index is 12.6. The van der Waals surface area contributed by atoms with Gasteiger partial charge in [-0.05, 0) is 37.6 Å². The number of hydrogen-bond acceptors (Lipinski definition) is 4. The van der Waals surface area contributed by atoms with Gasteiger partial charge in [0.1, 0.15) is 0 Å². The third-order valence-corrected chi connectivity index (χ3v) is 4.85. The third kappa shape index (κ3) is 3.23. The Morgan fingerprint density at radius 1 is 1.33 bits per heavy atom.